The molecule has 5 heteroatoms. The molecule has 2 aromatic rings. The van der Waals surface area contributed by atoms with Crippen LogP contribution >= 0.6 is 12.4 Å². The van der Waals surface area contributed by atoms with Gasteiger partial charge < -0.3 is 15.8 Å². The number of nitrogens with one attached hydrogen (secondary N) is 1. The maximum Gasteiger partial charge on any atom is 0.224 e. The van der Waals surface area contributed by atoms with Gasteiger partial charge in [0.1, 0.15) is 5.75 Å². The Labute approximate surface area is 148 Å². The SMILES string of the molecule is Cl.N[C@@H]1CCC[C@H]1CC(=O)Nc1ccccc1Oc1ccccc1. The smallest absolute Gasteiger partial charge is 0.224 e. The Morgan fingerprint density at radius 2 is 1.79 bits per heavy atom. The number of hydrogen-bond donors (Lipinski definition) is 2. The lowest BCUT2D eigenvalue weighted by Gasteiger charge is -2.16. The Hall–Kier alpha value is -2.04. The average Bonchev–Trinajstić information content (AvgIpc) is 2.95. The van der Waals surface area contributed by atoms with Crippen molar-refractivity contribution >= 4 is 24.0 Å². The molecule has 2 atom stereocenters. The fraction of sp³-hybridized carbons (Fsp3) is 0.316. The van der Waals surface area contributed by atoms with Gasteiger partial charge in [0.15, 0.2) is 5.75 Å². The maximum absolute atomic E-state index is 12.3. The lowest BCUT2D eigenvalue weighted by Crippen LogP contribution is -2.28. The monoisotopic (exact) mass is 346 g/mol. The van der Waals surface area contributed by atoms with E-state index in [9.17, 15) is 4.79 Å². The van der Waals surface area contributed by atoms with Crippen LogP contribution in [0.25, 0.3) is 0 Å². The highest BCUT2D eigenvalue weighted by atomic mass is 35.5. The minimum atomic E-state index is -0.00328. The molecule has 0 saturated heterocycles. The minimum Gasteiger partial charge on any atom is -0.455 e. The van der Waals surface area contributed by atoms with Gasteiger partial charge >= 0.3 is 0 Å². The second-order valence-electron chi connectivity index (χ2n) is 6.02. The highest BCUT2D eigenvalue weighted by Crippen LogP contribution is 2.31. The number of halogens is 1. The zero-order valence-corrected chi connectivity index (χ0v) is 14.3. The first-order valence-electron chi connectivity index (χ1n) is 8.10. The Morgan fingerprint density at radius 3 is 2.50 bits per heavy atom. The quantitative estimate of drug-likeness (QED) is 0.845. The summed E-state index contributed by atoms with van der Waals surface area (Å²) in [6.07, 6.45) is 3.65. The van der Waals surface area contributed by atoms with Gasteiger partial charge in [-0.1, -0.05) is 36.8 Å². The number of anilines is 1. The van der Waals surface area contributed by atoms with Crippen molar-refractivity contribution < 1.29 is 9.53 Å². The first-order chi connectivity index (χ1) is 11.2. The van der Waals surface area contributed by atoms with E-state index < -0.39 is 0 Å². The number of amides is 1. The molecule has 0 bridgehead atoms. The van der Waals surface area contributed by atoms with Crippen molar-refractivity contribution in [3.8, 4) is 11.5 Å². The van der Waals surface area contributed by atoms with Gasteiger partial charge in [0.25, 0.3) is 0 Å². The van der Waals surface area contributed by atoms with Gasteiger partial charge in [-0.2, -0.15) is 0 Å². The molecule has 2 aromatic carbocycles. The lowest BCUT2D eigenvalue weighted by molar-refractivity contribution is -0.117. The molecule has 0 aromatic heterocycles. The largest absolute Gasteiger partial charge is 0.455 e. The summed E-state index contributed by atoms with van der Waals surface area (Å²) >= 11 is 0. The van der Waals surface area contributed by atoms with Gasteiger partial charge in [-0.05, 0) is 43.0 Å². The van der Waals surface area contributed by atoms with Crippen LogP contribution in [0.5, 0.6) is 11.5 Å². The first kappa shape index (κ1) is 18.3. The molecular formula is C19H23ClN2O2. The summed E-state index contributed by atoms with van der Waals surface area (Å²) < 4.78 is 5.86. The third-order valence-corrected chi connectivity index (χ3v) is 4.30. The summed E-state index contributed by atoms with van der Waals surface area (Å²) in [6.45, 7) is 0. The zero-order valence-electron chi connectivity index (χ0n) is 13.5. The third-order valence-electron chi connectivity index (χ3n) is 4.30. The van der Waals surface area contributed by atoms with Crippen molar-refractivity contribution in [1.29, 1.82) is 0 Å². The van der Waals surface area contributed by atoms with Crippen LogP contribution in [0.2, 0.25) is 0 Å². The highest BCUT2D eigenvalue weighted by Gasteiger charge is 2.26. The van der Waals surface area contributed by atoms with E-state index in [-0.39, 0.29) is 30.3 Å². The van der Waals surface area contributed by atoms with Gasteiger partial charge in [-0.15, -0.1) is 12.4 Å². The van der Waals surface area contributed by atoms with Crippen LogP contribution in [0.1, 0.15) is 25.7 Å². The molecule has 0 radical (unpaired) electrons. The van der Waals surface area contributed by atoms with Crippen LogP contribution in [0.3, 0.4) is 0 Å². The second kappa shape index (κ2) is 8.71. The predicted octanol–water partition coefficient (Wildman–Crippen LogP) is 4.36. The van der Waals surface area contributed by atoms with Crippen molar-refractivity contribution in [2.45, 2.75) is 31.7 Å². The summed E-state index contributed by atoms with van der Waals surface area (Å²) in [6, 6.07) is 17.2. The van der Waals surface area contributed by atoms with Gasteiger partial charge in [0.05, 0.1) is 5.69 Å². The Morgan fingerprint density at radius 1 is 1.08 bits per heavy atom. The fourth-order valence-corrected chi connectivity index (χ4v) is 3.03. The molecule has 1 fully saturated rings. The Bertz CT molecular complexity index is 663. The van der Waals surface area contributed by atoms with E-state index in [1.807, 2.05) is 54.6 Å². The summed E-state index contributed by atoms with van der Waals surface area (Å²) in [5.41, 5.74) is 6.74. The molecule has 3 N–H and O–H groups in total. The molecule has 1 amide bonds. The van der Waals surface area contributed by atoms with Crippen molar-refractivity contribution in [3.63, 3.8) is 0 Å². The van der Waals surface area contributed by atoms with Crippen LogP contribution in [0, 0.1) is 5.92 Å². The van der Waals surface area contributed by atoms with Crippen molar-refractivity contribution in [1.82, 2.24) is 0 Å². The number of carbonyl (C=O) groups excluding carboxylic acids is 1. The first-order valence-corrected chi connectivity index (χ1v) is 8.10. The van der Waals surface area contributed by atoms with E-state index in [4.69, 9.17) is 10.5 Å². The van der Waals surface area contributed by atoms with Crippen LogP contribution in [-0.2, 0) is 4.79 Å². The van der Waals surface area contributed by atoms with Crippen LogP contribution < -0.4 is 15.8 Å². The minimum absolute atomic E-state index is 0. The molecule has 1 aliphatic rings. The number of para-hydroxylation sites is 3. The summed E-state index contributed by atoms with van der Waals surface area (Å²) in [5.74, 6) is 1.67. The molecule has 4 nitrogen and oxygen atoms in total. The standard InChI is InChI=1S/C19H22N2O2.ClH/c20-16-10-6-7-14(16)13-19(22)21-17-11-4-5-12-18(17)23-15-8-2-1-3-9-15;/h1-5,8-9,11-12,14,16H,6-7,10,13,20H2,(H,21,22);1H/t14-,16+;/m0./s1. The van der Waals surface area contributed by atoms with E-state index in [1.165, 1.54) is 0 Å². The molecule has 0 heterocycles. The van der Waals surface area contributed by atoms with Crippen LogP contribution in [0.15, 0.2) is 54.6 Å². The van der Waals surface area contributed by atoms with Crippen molar-refractivity contribution in [2.75, 3.05) is 5.32 Å². The third kappa shape index (κ3) is 4.73. The van der Waals surface area contributed by atoms with E-state index in [0.717, 1.165) is 25.0 Å². The Balaban J connectivity index is 0.00000208. The number of carbonyl (C=O) groups is 1. The lowest BCUT2D eigenvalue weighted by atomic mass is 10.00. The predicted molar refractivity (Wildman–Crippen MR) is 98.8 cm³/mol. The van der Waals surface area contributed by atoms with Crippen LogP contribution in [-0.4, -0.2) is 11.9 Å². The zero-order chi connectivity index (χ0) is 16.1. The van der Waals surface area contributed by atoms with Gasteiger partial charge in [0.2, 0.25) is 5.91 Å². The summed E-state index contributed by atoms with van der Waals surface area (Å²) in [4.78, 5) is 12.3. The molecule has 0 aliphatic heterocycles. The molecule has 128 valence electrons. The molecule has 0 unspecified atom stereocenters. The van der Waals surface area contributed by atoms with E-state index in [1.54, 1.807) is 0 Å². The number of benzene rings is 2. The highest BCUT2D eigenvalue weighted by molar-refractivity contribution is 5.92. The molecule has 1 aliphatic carbocycles. The van der Waals surface area contributed by atoms with Crippen molar-refractivity contribution in [2.24, 2.45) is 11.7 Å². The molecule has 24 heavy (non-hydrogen) atoms. The molecule has 0 spiro atoms. The maximum atomic E-state index is 12.3. The molecular weight excluding hydrogens is 324 g/mol. The van der Waals surface area contributed by atoms with Crippen molar-refractivity contribution in [3.05, 3.63) is 54.6 Å². The number of hydrogen-bond acceptors (Lipinski definition) is 3. The van der Waals surface area contributed by atoms with E-state index >= 15 is 0 Å². The average molecular weight is 347 g/mol. The molecule has 3 rings (SSSR count). The second-order valence-corrected chi connectivity index (χ2v) is 6.02. The van der Waals surface area contributed by atoms with E-state index in [2.05, 4.69) is 5.32 Å². The number of rotatable bonds is 5. The van der Waals surface area contributed by atoms with Gasteiger partial charge in [-0.3, -0.25) is 4.79 Å². The number of nitrogens with two attached hydrogens (primary N) is 1. The summed E-state index contributed by atoms with van der Waals surface area (Å²) in [7, 11) is 0. The van der Waals surface area contributed by atoms with Gasteiger partial charge in [0, 0.05) is 12.5 Å². The summed E-state index contributed by atoms with van der Waals surface area (Å²) in [5, 5.41) is 2.96. The Kier molecular flexibility index (Phi) is 6.64. The topological polar surface area (TPSA) is 64.4 Å². The van der Waals surface area contributed by atoms with Crippen LogP contribution in [0.4, 0.5) is 5.69 Å². The van der Waals surface area contributed by atoms with E-state index in [0.29, 0.717) is 17.9 Å². The van der Waals surface area contributed by atoms with Gasteiger partial charge in [-0.25, -0.2) is 0 Å². The molecule has 1 saturated carbocycles. The fourth-order valence-electron chi connectivity index (χ4n) is 3.03. The number of ether oxygens (including phenoxy) is 1. The normalized spacial score (nSPS) is 19.4.